The fourth-order valence-electron chi connectivity index (χ4n) is 9.21. The Hall–Kier alpha value is -5.89. The zero-order valence-electron chi connectivity index (χ0n) is 28.1. The third-order valence-electron chi connectivity index (χ3n) is 11.5. The molecular weight excluding hydrogens is 642 g/mol. The van der Waals surface area contributed by atoms with Gasteiger partial charge in [-0.15, -0.1) is 0 Å². The molecule has 1 saturated carbocycles. The summed E-state index contributed by atoms with van der Waals surface area (Å²) in [7, 11) is 1.52. The summed E-state index contributed by atoms with van der Waals surface area (Å²) in [6.07, 6.45) is 3.80. The van der Waals surface area contributed by atoms with Crippen molar-refractivity contribution in [2.45, 2.75) is 31.1 Å². The lowest BCUT2D eigenvalue weighted by Crippen LogP contribution is -2.58. The minimum absolute atomic E-state index is 0.0716. The molecule has 0 bridgehead atoms. The van der Waals surface area contributed by atoms with Crippen LogP contribution in [0.5, 0.6) is 11.5 Å². The van der Waals surface area contributed by atoms with Crippen LogP contribution in [0.4, 0.5) is 5.69 Å². The number of phenols is 1. The Bertz CT molecular complexity index is 2190. The number of carbonyl (C=O) groups excluding carboxylic acids is 5. The maximum absolute atomic E-state index is 15.1. The Balaban J connectivity index is 1.35. The molecule has 1 N–H and O–H groups in total. The number of methoxy groups -OCH3 is 1. The number of benzene rings is 4. The molecule has 8 heteroatoms. The Kier molecular flexibility index (Phi) is 7.71. The number of nitrogens with zero attached hydrogens (tertiary/aromatic N) is 1. The van der Waals surface area contributed by atoms with Crippen molar-refractivity contribution < 1.29 is 33.8 Å². The van der Waals surface area contributed by atoms with Crippen LogP contribution < -0.4 is 9.64 Å². The first kappa shape index (κ1) is 32.3. The highest BCUT2D eigenvalue weighted by molar-refractivity contribution is 6.32. The van der Waals surface area contributed by atoms with Crippen LogP contribution in [0.1, 0.15) is 52.7 Å². The highest BCUT2D eigenvalue weighted by Gasteiger charge is 2.66. The number of ketones is 3. The molecule has 8 rings (SSSR count). The van der Waals surface area contributed by atoms with Gasteiger partial charge in [-0.3, -0.25) is 28.9 Å². The lowest BCUT2D eigenvalue weighted by atomic mass is 9.44. The highest BCUT2D eigenvalue weighted by atomic mass is 16.5. The molecule has 3 aliphatic carbocycles. The van der Waals surface area contributed by atoms with Crippen molar-refractivity contribution in [1.82, 2.24) is 0 Å². The number of imide groups is 1. The summed E-state index contributed by atoms with van der Waals surface area (Å²) < 4.78 is 5.60. The number of carbonyl (C=O) groups is 5. The number of anilines is 1. The molecule has 51 heavy (non-hydrogen) atoms. The van der Waals surface area contributed by atoms with E-state index in [2.05, 4.69) is 0 Å². The van der Waals surface area contributed by atoms with Crippen LogP contribution in [0, 0.1) is 23.7 Å². The Morgan fingerprint density at radius 3 is 2.20 bits per heavy atom. The van der Waals surface area contributed by atoms with E-state index in [1.807, 2.05) is 54.6 Å². The molecule has 1 heterocycles. The van der Waals surface area contributed by atoms with E-state index < -0.39 is 35.0 Å². The highest BCUT2D eigenvalue weighted by Crippen LogP contribution is 2.64. The zero-order valence-corrected chi connectivity index (χ0v) is 28.1. The zero-order chi connectivity index (χ0) is 35.6. The molecule has 4 aromatic rings. The van der Waals surface area contributed by atoms with E-state index in [4.69, 9.17) is 4.74 Å². The van der Waals surface area contributed by atoms with E-state index >= 15 is 9.59 Å². The van der Waals surface area contributed by atoms with E-state index in [0.29, 0.717) is 39.3 Å². The summed E-state index contributed by atoms with van der Waals surface area (Å²) in [6.45, 7) is 1.45. The van der Waals surface area contributed by atoms with Crippen LogP contribution in [0.3, 0.4) is 0 Å². The average Bonchev–Trinajstić information content (AvgIpc) is 3.42. The number of hydrogen-bond acceptors (Lipinski definition) is 7. The number of Topliss-reactive ketones (excluding diaryl/α,β-unsaturated/α-hetero) is 2. The van der Waals surface area contributed by atoms with Crippen molar-refractivity contribution in [2.75, 3.05) is 12.0 Å². The number of aromatic hydroxyl groups is 1. The van der Waals surface area contributed by atoms with E-state index in [0.717, 1.165) is 5.57 Å². The van der Waals surface area contributed by atoms with Crippen LogP contribution in [0.25, 0.3) is 5.57 Å². The first-order valence-corrected chi connectivity index (χ1v) is 17.1. The number of allylic oxidation sites excluding steroid dienone is 4. The standard InChI is InChI=1S/C43H35NO7/c1-24(45)25-13-15-28(16-14-25)44-41(49)31-19-18-30-33(38(31)42(44)50)22-35-40(48)32(26-9-5-3-6-10-26)23-37(47)43(35,27-11-7-4-8-12-27)39(30)34-21-29(51-2)17-20-36(34)46/h3-18,20-21,23,31,33,35,38-39,46H,19,22H2,1-2H3/t31-,33+,35-,38-,39+,43-/m0/s1. The van der Waals surface area contributed by atoms with Crippen LogP contribution in [0.15, 0.2) is 121 Å². The van der Waals surface area contributed by atoms with Crippen LogP contribution in [-0.2, 0) is 24.6 Å². The van der Waals surface area contributed by atoms with Crippen LogP contribution in [0.2, 0.25) is 0 Å². The second-order valence-corrected chi connectivity index (χ2v) is 13.8. The van der Waals surface area contributed by atoms with Gasteiger partial charge < -0.3 is 9.84 Å². The van der Waals surface area contributed by atoms with E-state index in [1.165, 1.54) is 31.1 Å². The molecule has 4 aromatic carbocycles. The van der Waals surface area contributed by atoms with Crippen molar-refractivity contribution in [3.05, 3.63) is 143 Å². The lowest BCUT2D eigenvalue weighted by Gasteiger charge is -2.55. The fraction of sp³-hybridized carbons (Fsp3) is 0.233. The third kappa shape index (κ3) is 4.77. The SMILES string of the molecule is COc1ccc(O)c([C@H]2C3=CC[C@@H]4C(=O)N(c5ccc(C(C)=O)cc5)C(=O)[C@@H]4[C@@H]3C[C@H]3C(=O)C(c4ccccc4)=CC(=O)[C@@]23c2ccccc2)c1. The molecule has 0 unspecified atom stereocenters. The predicted octanol–water partition coefficient (Wildman–Crippen LogP) is 6.63. The second kappa shape index (κ2) is 12.2. The molecule has 6 atom stereocenters. The first-order valence-electron chi connectivity index (χ1n) is 17.1. The summed E-state index contributed by atoms with van der Waals surface area (Å²) in [5.74, 6) is -4.84. The number of fused-ring (bicyclic) bond motifs is 4. The number of ether oxygens (including phenoxy) is 1. The Morgan fingerprint density at radius 1 is 0.843 bits per heavy atom. The number of phenolic OH excluding ortho intramolecular Hbond substituents is 1. The van der Waals surface area contributed by atoms with Gasteiger partial charge in [-0.05, 0) is 85.4 Å². The largest absolute Gasteiger partial charge is 0.508 e. The molecular formula is C43H35NO7. The van der Waals surface area contributed by atoms with Crippen molar-refractivity contribution >= 4 is 40.4 Å². The Morgan fingerprint density at radius 2 is 1.53 bits per heavy atom. The van der Waals surface area contributed by atoms with Gasteiger partial charge in [0.15, 0.2) is 17.3 Å². The smallest absolute Gasteiger partial charge is 0.238 e. The molecule has 254 valence electrons. The van der Waals surface area contributed by atoms with Gasteiger partial charge in [0, 0.05) is 28.5 Å². The van der Waals surface area contributed by atoms with Gasteiger partial charge in [0.2, 0.25) is 11.8 Å². The Labute approximate surface area is 295 Å². The van der Waals surface area contributed by atoms with Crippen molar-refractivity contribution in [3.63, 3.8) is 0 Å². The summed E-state index contributed by atoms with van der Waals surface area (Å²) in [5, 5.41) is 11.6. The van der Waals surface area contributed by atoms with Gasteiger partial charge in [0.05, 0.1) is 30.0 Å². The maximum Gasteiger partial charge on any atom is 0.238 e. The molecule has 2 fully saturated rings. The second-order valence-electron chi connectivity index (χ2n) is 13.8. The van der Waals surface area contributed by atoms with E-state index in [9.17, 15) is 19.5 Å². The van der Waals surface area contributed by atoms with Crippen LogP contribution in [-0.4, -0.2) is 41.4 Å². The lowest BCUT2D eigenvalue weighted by molar-refractivity contribution is -0.135. The maximum atomic E-state index is 15.1. The van der Waals surface area contributed by atoms with Gasteiger partial charge in [0.1, 0.15) is 11.5 Å². The molecule has 0 spiro atoms. The third-order valence-corrected chi connectivity index (χ3v) is 11.5. The normalized spacial score (nSPS) is 26.9. The van der Waals surface area contributed by atoms with Crippen molar-refractivity contribution in [1.29, 1.82) is 0 Å². The minimum atomic E-state index is -1.47. The molecule has 0 aromatic heterocycles. The predicted molar refractivity (Wildman–Crippen MR) is 190 cm³/mol. The van der Waals surface area contributed by atoms with E-state index in [-0.39, 0.29) is 47.8 Å². The summed E-state index contributed by atoms with van der Waals surface area (Å²) in [4.78, 5) is 72.0. The number of hydrogen-bond donors (Lipinski definition) is 1. The molecule has 2 amide bonds. The monoisotopic (exact) mass is 677 g/mol. The summed E-state index contributed by atoms with van der Waals surface area (Å²) in [6, 6.07) is 29.6. The van der Waals surface area contributed by atoms with Crippen molar-refractivity contribution in [3.8, 4) is 11.5 Å². The molecule has 0 radical (unpaired) electrons. The number of rotatable bonds is 6. The van der Waals surface area contributed by atoms with Gasteiger partial charge in [-0.25, -0.2) is 0 Å². The number of amides is 2. The fourth-order valence-corrected chi connectivity index (χ4v) is 9.21. The van der Waals surface area contributed by atoms with E-state index in [1.54, 1.807) is 48.5 Å². The topological polar surface area (TPSA) is 118 Å². The first-order chi connectivity index (χ1) is 24.7. The van der Waals surface area contributed by atoms with Gasteiger partial charge in [-0.2, -0.15) is 0 Å². The minimum Gasteiger partial charge on any atom is -0.508 e. The quantitative estimate of drug-likeness (QED) is 0.138. The molecule has 1 saturated heterocycles. The molecule has 1 aliphatic heterocycles. The molecule has 4 aliphatic rings. The van der Waals surface area contributed by atoms with Gasteiger partial charge in [-0.1, -0.05) is 72.3 Å². The summed E-state index contributed by atoms with van der Waals surface area (Å²) >= 11 is 0. The van der Waals surface area contributed by atoms with Crippen LogP contribution >= 0.6 is 0 Å². The average molecular weight is 678 g/mol. The summed E-state index contributed by atoms with van der Waals surface area (Å²) in [5.41, 5.74) is 2.07. The molecule has 8 nitrogen and oxygen atoms in total. The van der Waals surface area contributed by atoms with Crippen molar-refractivity contribution in [2.24, 2.45) is 23.7 Å². The van der Waals surface area contributed by atoms with Gasteiger partial charge >= 0.3 is 0 Å². The van der Waals surface area contributed by atoms with Gasteiger partial charge in [0.25, 0.3) is 0 Å².